The van der Waals surface area contributed by atoms with E-state index in [0.717, 1.165) is 42.7 Å². The molecule has 7 heteroatoms. The van der Waals surface area contributed by atoms with Crippen LogP contribution in [-0.2, 0) is 4.79 Å². The molecule has 0 bridgehead atoms. The van der Waals surface area contributed by atoms with Gasteiger partial charge < -0.3 is 15.4 Å². The van der Waals surface area contributed by atoms with Gasteiger partial charge in [-0.25, -0.2) is 8.78 Å². The Balaban J connectivity index is 1.97. The van der Waals surface area contributed by atoms with Crippen LogP contribution >= 0.6 is 0 Å². The van der Waals surface area contributed by atoms with E-state index < -0.39 is 17.5 Å². The number of unbranched alkanes of at least 4 members (excludes halogenated alkanes) is 1. The lowest BCUT2D eigenvalue weighted by Gasteiger charge is -2.19. The third-order valence-electron chi connectivity index (χ3n) is 4.23. The summed E-state index contributed by atoms with van der Waals surface area (Å²) in [5, 5.41) is 5.27. The number of carbonyl (C=O) groups is 2. The number of halogens is 2. The summed E-state index contributed by atoms with van der Waals surface area (Å²) in [5.74, 6) is -2.09. The molecule has 0 aliphatic rings. The van der Waals surface area contributed by atoms with Gasteiger partial charge in [-0.05, 0) is 36.2 Å². The predicted octanol–water partition coefficient (Wildman–Crippen LogP) is 3.75. The van der Waals surface area contributed by atoms with Crippen LogP contribution in [0.2, 0.25) is 0 Å². The minimum Gasteiger partial charge on any atom is -0.497 e. The highest BCUT2D eigenvalue weighted by molar-refractivity contribution is 5.96. The molecule has 5 nitrogen and oxygen atoms in total. The maximum Gasteiger partial charge on any atom is 0.251 e. The highest BCUT2D eigenvalue weighted by Crippen LogP contribution is 2.22. The fourth-order valence-corrected chi connectivity index (χ4v) is 2.76. The number of hydrogen-bond donors (Lipinski definition) is 2. The highest BCUT2D eigenvalue weighted by Gasteiger charge is 2.16. The molecule has 0 saturated heterocycles. The number of rotatable bonds is 9. The average Bonchev–Trinajstić information content (AvgIpc) is 2.68. The molecule has 1 atom stereocenters. The number of ether oxygens (including phenoxy) is 1. The van der Waals surface area contributed by atoms with E-state index in [1.165, 1.54) is 0 Å². The summed E-state index contributed by atoms with van der Waals surface area (Å²) in [6, 6.07) is 9.70. The first-order valence-corrected chi connectivity index (χ1v) is 9.10. The van der Waals surface area contributed by atoms with E-state index in [1.54, 1.807) is 7.11 Å². The summed E-state index contributed by atoms with van der Waals surface area (Å²) in [6.07, 6.45) is 2.65. The van der Waals surface area contributed by atoms with Gasteiger partial charge in [0.2, 0.25) is 5.91 Å². The average molecular weight is 390 g/mol. The minimum atomic E-state index is -0.853. The van der Waals surface area contributed by atoms with Crippen molar-refractivity contribution >= 4 is 11.8 Å². The second kappa shape index (κ2) is 10.4. The third kappa shape index (κ3) is 6.33. The van der Waals surface area contributed by atoms with Crippen LogP contribution in [-0.4, -0.2) is 25.5 Å². The third-order valence-corrected chi connectivity index (χ3v) is 4.23. The SMILES string of the molecule is CCCCC(NC(=O)CNC(=O)c1cc(F)cc(F)c1)c1ccc(OC)cc1. The van der Waals surface area contributed by atoms with Crippen LogP contribution in [0.4, 0.5) is 8.78 Å². The zero-order chi connectivity index (χ0) is 20.5. The molecule has 2 N–H and O–H groups in total. The van der Waals surface area contributed by atoms with Crippen LogP contribution in [0.25, 0.3) is 0 Å². The number of amides is 2. The van der Waals surface area contributed by atoms with Crippen molar-refractivity contribution in [2.75, 3.05) is 13.7 Å². The van der Waals surface area contributed by atoms with Gasteiger partial charge in [-0.1, -0.05) is 31.9 Å². The molecule has 0 aliphatic carbocycles. The van der Waals surface area contributed by atoms with Gasteiger partial charge in [-0.2, -0.15) is 0 Å². The van der Waals surface area contributed by atoms with E-state index in [2.05, 4.69) is 17.6 Å². The largest absolute Gasteiger partial charge is 0.497 e. The van der Waals surface area contributed by atoms with Crippen LogP contribution in [0.15, 0.2) is 42.5 Å². The monoisotopic (exact) mass is 390 g/mol. The van der Waals surface area contributed by atoms with Crippen molar-refractivity contribution in [2.45, 2.75) is 32.2 Å². The normalized spacial score (nSPS) is 11.6. The molecular weight excluding hydrogens is 366 g/mol. The molecule has 2 rings (SSSR count). The Hall–Kier alpha value is -2.96. The molecule has 0 saturated carbocycles. The lowest BCUT2D eigenvalue weighted by atomic mass is 10.0. The summed E-state index contributed by atoms with van der Waals surface area (Å²) in [5.41, 5.74) is 0.754. The Morgan fingerprint density at radius 1 is 1.07 bits per heavy atom. The second-order valence-electron chi connectivity index (χ2n) is 6.38. The molecule has 150 valence electrons. The predicted molar refractivity (Wildman–Crippen MR) is 102 cm³/mol. The molecule has 2 aromatic rings. The maximum absolute atomic E-state index is 13.2. The smallest absolute Gasteiger partial charge is 0.251 e. The fourth-order valence-electron chi connectivity index (χ4n) is 2.76. The van der Waals surface area contributed by atoms with Crippen molar-refractivity contribution in [3.05, 3.63) is 65.2 Å². The summed E-state index contributed by atoms with van der Waals surface area (Å²) in [4.78, 5) is 24.3. The fraction of sp³-hybridized carbons (Fsp3) is 0.333. The van der Waals surface area contributed by atoms with Crippen molar-refractivity contribution in [3.8, 4) is 5.75 Å². The molecule has 0 aromatic heterocycles. The van der Waals surface area contributed by atoms with E-state index >= 15 is 0 Å². The van der Waals surface area contributed by atoms with E-state index in [1.807, 2.05) is 24.3 Å². The van der Waals surface area contributed by atoms with Gasteiger partial charge in [0, 0.05) is 11.6 Å². The minimum absolute atomic E-state index is 0.178. The van der Waals surface area contributed by atoms with Gasteiger partial charge in [-0.3, -0.25) is 9.59 Å². The summed E-state index contributed by atoms with van der Waals surface area (Å²) < 4.78 is 31.6. The van der Waals surface area contributed by atoms with E-state index in [9.17, 15) is 18.4 Å². The zero-order valence-electron chi connectivity index (χ0n) is 15.9. The van der Waals surface area contributed by atoms with Gasteiger partial charge in [0.1, 0.15) is 17.4 Å². The number of nitrogens with one attached hydrogen (secondary N) is 2. The van der Waals surface area contributed by atoms with Crippen molar-refractivity contribution in [2.24, 2.45) is 0 Å². The first kappa shape index (κ1) is 21.3. The Morgan fingerprint density at radius 2 is 1.71 bits per heavy atom. The molecular formula is C21H24F2N2O3. The van der Waals surface area contributed by atoms with Crippen molar-refractivity contribution in [1.29, 1.82) is 0 Å². The molecule has 28 heavy (non-hydrogen) atoms. The van der Waals surface area contributed by atoms with Crippen LogP contribution in [0.5, 0.6) is 5.75 Å². The molecule has 0 fully saturated rings. The van der Waals surface area contributed by atoms with Crippen LogP contribution in [0.1, 0.15) is 48.1 Å². The van der Waals surface area contributed by atoms with Gasteiger partial charge in [0.05, 0.1) is 19.7 Å². The Bertz CT molecular complexity index is 790. The molecule has 0 radical (unpaired) electrons. The van der Waals surface area contributed by atoms with Crippen molar-refractivity contribution in [3.63, 3.8) is 0 Å². The lowest BCUT2D eigenvalue weighted by Crippen LogP contribution is -2.38. The summed E-state index contributed by atoms with van der Waals surface area (Å²) in [6.45, 7) is 1.76. The first-order valence-electron chi connectivity index (χ1n) is 9.10. The van der Waals surface area contributed by atoms with Gasteiger partial charge >= 0.3 is 0 Å². The van der Waals surface area contributed by atoms with Gasteiger partial charge in [-0.15, -0.1) is 0 Å². The Morgan fingerprint density at radius 3 is 2.29 bits per heavy atom. The topological polar surface area (TPSA) is 67.4 Å². The Kier molecular flexibility index (Phi) is 7.92. The Labute approximate surface area is 163 Å². The van der Waals surface area contributed by atoms with E-state index in [-0.39, 0.29) is 24.1 Å². The number of carbonyl (C=O) groups excluding carboxylic acids is 2. The standard InChI is InChI=1S/C21H24F2N2O3/c1-3-4-5-19(14-6-8-18(28-2)9-7-14)25-20(26)13-24-21(27)15-10-16(22)12-17(23)11-15/h6-12,19H,3-5,13H2,1-2H3,(H,24,27)(H,25,26). The number of benzene rings is 2. The number of methoxy groups -OCH3 is 1. The first-order chi connectivity index (χ1) is 13.4. The molecule has 0 spiro atoms. The quantitative estimate of drug-likeness (QED) is 0.685. The second-order valence-corrected chi connectivity index (χ2v) is 6.38. The van der Waals surface area contributed by atoms with E-state index in [4.69, 9.17) is 4.74 Å². The highest BCUT2D eigenvalue weighted by atomic mass is 19.1. The maximum atomic E-state index is 13.2. The van der Waals surface area contributed by atoms with Crippen LogP contribution in [0.3, 0.4) is 0 Å². The van der Waals surface area contributed by atoms with Crippen LogP contribution < -0.4 is 15.4 Å². The number of hydrogen-bond acceptors (Lipinski definition) is 3. The molecule has 2 amide bonds. The zero-order valence-corrected chi connectivity index (χ0v) is 15.9. The van der Waals surface area contributed by atoms with Gasteiger partial charge in [0.25, 0.3) is 5.91 Å². The molecule has 1 unspecified atom stereocenters. The lowest BCUT2D eigenvalue weighted by molar-refractivity contribution is -0.120. The van der Waals surface area contributed by atoms with Crippen molar-refractivity contribution in [1.82, 2.24) is 10.6 Å². The molecule has 0 aliphatic heterocycles. The molecule has 0 heterocycles. The van der Waals surface area contributed by atoms with Crippen LogP contribution in [0, 0.1) is 11.6 Å². The van der Waals surface area contributed by atoms with E-state index in [0.29, 0.717) is 6.07 Å². The van der Waals surface area contributed by atoms with Gasteiger partial charge in [0.15, 0.2) is 0 Å². The summed E-state index contributed by atoms with van der Waals surface area (Å²) >= 11 is 0. The summed E-state index contributed by atoms with van der Waals surface area (Å²) in [7, 11) is 1.58. The van der Waals surface area contributed by atoms with Crippen molar-refractivity contribution < 1.29 is 23.1 Å². The molecule has 2 aromatic carbocycles.